The summed E-state index contributed by atoms with van der Waals surface area (Å²) in [6.07, 6.45) is 1.82. The third-order valence-corrected chi connectivity index (χ3v) is 4.70. The van der Waals surface area contributed by atoms with Gasteiger partial charge in [0.15, 0.2) is 0 Å². The van der Waals surface area contributed by atoms with Crippen LogP contribution in [-0.4, -0.2) is 11.1 Å². The average Bonchev–Trinajstić information content (AvgIpc) is 3.05. The number of rotatable bonds is 3. The molecule has 0 aliphatic heterocycles. The second kappa shape index (κ2) is 4.99. The SMILES string of the molecule is CC1(C)C(/C=C(/C#N)c2ccc3ccccc3c2)C1C(=O)O. The maximum Gasteiger partial charge on any atom is 0.307 e. The first-order valence-electron chi connectivity index (χ1n) is 7.29. The van der Waals surface area contributed by atoms with Gasteiger partial charge in [0.05, 0.1) is 17.6 Å². The summed E-state index contributed by atoms with van der Waals surface area (Å²) >= 11 is 0. The van der Waals surface area contributed by atoms with Crippen molar-refractivity contribution in [2.45, 2.75) is 13.8 Å². The van der Waals surface area contributed by atoms with E-state index in [1.807, 2.05) is 62.4 Å². The summed E-state index contributed by atoms with van der Waals surface area (Å²) in [6, 6.07) is 16.1. The molecule has 0 amide bonds. The molecule has 22 heavy (non-hydrogen) atoms. The highest BCUT2D eigenvalue weighted by Crippen LogP contribution is 2.59. The van der Waals surface area contributed by atoms with Crippen molar-refractivity contribution in [1.82, 2.24) is 0 Å². The lowest BCUT2D eigenvalue weighted by Crippen LogP contribution is -2.03. The van der Waals surface area contributed by atoms with Crippen LogP contribution in [-0.2, 0) is 4.79 Å². The van der Waals surface area contributed by atoms with Gasteiger partial charge in [-0.3, -0.25) is 4.79 Å². The number of hydrogen-bond acceptors (Lipinski definition) is 2. The number of carbonyl (C=O) groups is 1. The Morgan fingerprint density at radius 1 is 1.23 bits per heavy atom. The van der Waals surface area contributed by atoms with E-state index in [2.05, 4.69) is 6.07 Å². The van der Waals surface area contributed by atoms with Gasteiger partial charge in [0.25, 0.3) is 0 Å². The van der Waals surface area contributed by atoms with Gasteiger partial charge in [-0.25, -0.2) is 0 Å². The molecule has 0 aromatic heterocycles. The maximum atomic E-state index is 11.3. The van der Waals surface area contributed by atoms with Gasteiger partial charge >= 0.3 is 5.97 Å². The molecule has 2 aromatic rings. The smallest absolute Gasteiger partial charge is 0.307 e. The number of aliphatic carboxylic acids is 1. The van der Waals surface area contributed by atoms with Crippen molar-refractivity contribution in [3.8, 4) is 6.07 Å². The number of hydrogen-bond donors (Lipinski definition) is 1. The van der Waals surface area contributed by atoms with Crippen LogP contribution in [0.5, 0.6) is 0 Å². The first-order valence-corrected chi connectivity index (χ1v) is 7.29. The lowest BCUT2D eigenvalue weighted by atomic mass is 9.99. The Morgan fingerprint density at radius 2 is 1.91 bits per heavy atom. The van der Waals surface area contributed by atoms with Crippen LogP contribution >= 0.6 is 0 Å². The summed E-state index contributed by atoms with van der Waals surface area (Å²) in [5.74, 6) is -1.29. The summed E-state index contributed by atoms with van der Waals surface area (Å²) in [4.78, 5) is 11.3. The fourth-order valence-corrected chi connectivity index (χ4v) is 3.19. The second-order valence-electron chi connectivity index (χ2n) is 6.42. The van der Waals surface area contributed by atoms with E-state index in [-0.39, 0.29) is 11.3 Å². The molecular formula is C19H17NO2. The highest BCUT2D eigenvalue weighted by atomic mass is 16.4. The Balaban J connectivity index is 1.99. The lowest BCUT2D eigenvalue weighted by Gasteiger charge is -2.03. The average molecular weight is 291 g/mol. The molecule has 1 aliphatic carbocycles. The highest BCUT2D eigenvalue weighted by Gasteiger charge is 2.61. The van der Waals surface area contributed by atoms with Gasteiger partial charge in [-0.05, 0) is 33.7 Å². The highest BCUT2D eigenvalue weighted by molar-refractivity contribution is 5.89. The minimum atomic E-state index is -0.790. The van der Waals surface area contributed by atoms with Crippen LogP contribution in [0.3, 0.4) is 0 Å². The fraction of sp³-hybridized carbons (Fsp3) is 0.263. The number of carboxylic acid groups (broad SMARTS) is 1. The molecular weight excluding hydrogens is 274 g/mol. The van der Waals surface area contributed by atoms with Crippen LogP contribution in [0.2, 0.25) is 0 Å². The molecule has 1 aliphatic rings. The van der Waals surface area contributed by atoms with Crippen molar-refractivity contribution in [1.29, 1.82) is 5.26 Å². The third-order valence-electron chi connectivity index (χ3n) is 4.70. The van der Waals surface area contributed by atoms with Crippen LogP contribution in [0.15, 0.2) is 48.5 Å². The Morgan fingerprint density at radius 3 is 2.50 bits per heavy atom. The molecule has 1 N–H and O–H groups in total. The standard InChI is InChI=1S/C19H17NO2/c1-19(2)16(17(19)18(21)22)10-15(11-20)14-8-7-12-5-3-4-6-13(12)9-14/h3-10,16-17H,1-2H3,(H,21,22)/b15-10-. The number of carboxylic acids is 1. The third kappa shape index (κ3) is 2.27. The zero-order valence-corrected chi connectivity index (χ0v) is 12.6. The molecule has 0 spiro atoms. The quantitative estimate of drug-likeness (QED) is 0.866. The van der Waals surface area contributed by atoms with Gasteiger partial charge in [0.2, 0.25) is 0 Å². The van der Waals surface area contributed by atoms with Crippen molar-refractivity contribution in [2.24, 2.45) is 17.3 Å². The van der Waals surface area contributed by atoms with E-state index in [9.17, 15) is 15.2 Å². The predicted octanol–water partition coefficient (Wildman–Crippen LogP) is 4.10. The number of benzene rings is 2. The van der Waals surface area contributed by atoms with Crippen LogP contribution in [0.1, 0.15) is 19.4 Å². The molecule has 3 rings (SSSR count). The summed E-state index contributed by atoms with van der Waals surface area (Å²) in [5.41, 5.74) is 1.10. The van der Waals surface area contributed by atoms with Crippen LogP contribution in [0.4, 0.5) is 0 Å². The predicted molar refractivity (Wildman–Crippen MR) is 85.9 cm³/mol. The van der Waals surface area contributed by atoms with Crippen LogP contribution in [0.25, 0.3) is 16.3 Å². The van der Waals surface area contributed by atoms with Gasteiger partial charge in [0, 0.05) is 0 Å². The molecule has 1 fully saturated rings. The van der Waals surface area contributed by atoms with Crippen molar-refractivity contribution in [2.75, 3.05) is 0 Å². The Hall–Kier alpha value is -2.60. The van der Waals surface area contributed by atoms with Crippen LogP contribution in [0, 0.1) is 28.6 Å². The number of fused-ring (bicyclic) bond motifs is 1. The topological polar surface area (TPSA) is 61.1 Å². The summed E-state index contributed by atoms with van der Waals surface area (Å²) < 4.78 is 0. The van der Waals surface area contributed by atoms with Crippen molar-refractivity contribution >= 4 is 22.3 Å². The van der Waals surface area contributed by atoms with E-state index in [0.717, 1.165) is 16.3 Å². The van der Waals surface area contributed by atoms with Gasteiger partial charge < -0.3 is 5.11 Å². The molecule has 110 valence electrons. The largest absolute Gasteiger partial charge is 0.481 e. The zero-order chi connectivity index (χ0) is 15.9. The summed E-state index contributed by atoms with van der Waals surface area (Å²) in [5, 5.41) is 20.9. The van der Waals surface area contributed by atoms with Gasteiger partial charge in [-0.2, -0.15) is 5.26 Å². The molecule has 0 bridgehead atoms. The van der Waals surface area contributed by atoms with E-state index in [1.165, 1.54) is 0 Å². The first kappa shape index (κ1) is 14.3. The van der Waals surface area contributed by atoms with Crippen molar-refractivity contribution < 1.29 is 9.90 Å². The number of nitriles is 1. The van der Waals surface area contributed by atoms with Gasteiger partial charge in [-0.1, -0.05) is 56.3 Å². The van der Waals surface area contributed by atoms with Crippen molar-refractivity contribution in [3.05, 3.63) is 54.1 Å². The van der Waals surface area contributed by atoms with Gasteiger partial charge in [-0.15, -0.1) is 0 Å². The van der Waals surface area contributed by atoms with E-state index in [4.69, 9.17) is 0 Å². The van der Waals surface area contributed by atoms with Gasteiger partial charge in [0.1, 0.15) is 0 Å². The molecule has 0 radical (unpaired) electrons. The number of allylic oxidation sites excluding steroid dienone is 2. The molecule has 0 heterocycles. The normalized spacial score (nSPS) is 23.0. The molecule has 2 unspecified atom stereocenters. The van der Waals surface area contributed by atoms with E-state index in [1.54, 1.807) is 0 Å². The fourth-order valence-electron chi connectivity index (χ4n) is 3.19. The summed E-state index contributed by atoms with van der Waals surface area (Å²) in [7, 11) is 0. The maximum absolute atomic E-state index is 11.3. The van der Waals surface area contributed by atoms with E-state index >= 15 is 0 Å². The molecule has 2 aromatic carbocycles. The molecule has 1 saturated carbocycles. The monoisotopic (exact) mass is 291 g/mol. The first-order chi connectivity index (χ1) is 10.4. The van der Waals surface area contributed by atoms with Crippen LogP contribution < -0.4 is 0 Å². The number of nitrogens with zero attached hydrogens (tertiary/aromatic N) is 1. The Bertz CT molecular complexity index is 827. The molecule has 0 saturated heterocycles. The minimum Gasteiger partial charge on any atom is -0.481 e. The Kier molecular flexibility index (Phi) is 3.26. The lowest BCUT2D eigenvalue weighted by molar-refractivity contribution is -0.139. The second-order valence-corrected chi connectivity index (χ2v) is 6.42. The molecule has 3 heteroatoms. The minimum absolute atomic E-state index is 0.0916. The zero-order valence-electron chi connectivity index (χ0n) is 12.6. The summed E-state index contributed by atoms with van der Waals surface area (Å²) in [6.45, 7) is 3.87. The molecule has 3 nitrogen and oxygen atoms in total. The van der Waals surface area contributed by atoms with E-state index in [0.29, 0.717) is 5.57 Å². The molecule has 2 atom stereocenters. The van der Waals surface area contributed by atoms with Crippen molar-refractivity contribution in [3.63, 3.8) is 0 Å². The Labute approximate surface area is 129 Å². The van der Waals surface area contributed by atoms with E-state index < -0.39 is 11.9 Å².